The predicted octanol–water partition coefficient (Wildman–Crippen LogP) is 4.42. The molecule has 0 heterocycles. The summed E-state index contributed by atoms with van der Waals surface area (Å²) in [6.07, 6.45) is 8.92. The van der Waals surface area contributed by atoms with Crippen LogP contribution in [0.25, 0.3) is 12.2 Å². The molecule has 0 aliphatic heterocycles. The molecule has 0 radical (unpaired) electrons. The maximum absolute atomic E-state index is 6.18. The minimum atomic E-state index is -2.55. The monoisotopic (exact) mass is 320 g/mol. The fourth-order valence-electron chi connectivity index (χ4n) is 3.99. The lowest BCUT2D eigenvalue weighted by molar-refractivity contribution is 0.229. The molecule has 0 spiro atoms. The first kappa shape index (κ1) is 14.6. The summed E-state index contributed by atoms with van der Waals surface area (Å²) in [7, 11) is 1.06. The van der Waals surface area contributed by atoms with Crippen LogP contribution in [0.4, 0.5) is 0 Å². The molecule has 23 heavy (non-hydrogen) atoms. The number of allylic oxidation sites excluding steroid dienone is 2. The molecule has 2 unspecified atom stereocenters. The quantitative estimate of drug-likeness (QED) is 0.776. The summed E-state index contributed by atoms with van der Waals surface area (Å²) in [5, 5.41) is 0. The molecule has 4 rings (SSSR count). The summed E-state index contributed by atoms with van der Waals surface area (Å²) >= 11 is 0. The van der Waals surface area contributed by atoms with E-state index in [-0.39, 0.29) is 11.1 Å². The number of rotatable bonds is 4. The van der Waals surface area contributed by atoms with Gasteiger partial charge in [-0.3, -0.25) is 0 Å². The fourth-order valence-corrected chi connectivity index (χ4v) is 7.68. The van der Waals surface area contributed by atoms with Crippen molar-refractivity contribution in [2.45, 2.75) is 11.1 Å². The van der Waals surface area contributed by atoms with Gasteiger partial charge in [0.2, 0.25) is 0 Å². The van der Waals surface area contributed by atoms with Crippen LogP contribution in [0.3, 0.4) is 0 Å². The van der Waals surface area contributed by atoms with Crippen molar-refractivity contribution in [1.82, 2.24) is 0 Å². The molecular formula is C20H20O2Si. The Balaban J connectivity index is 1.83. The zero-order valence-corrected chi connectivity index (χ0v) is 14.4. The standard InChI is InChI=1S/C20H20O2Si/c1-21-23(22-2,19-13-11-15-7-3-5-9-17(15)19)20-14-12-16-8-4-6-10-18(16)20/h3-14,19-20H,1-2H3. The normalized spacial score (nSPS) is 21.5. The molecule has 2 aliphatic carbocycles. The van der Waals surface area contributed by atoms with Crippen LogP contribution >= 0.6 is 0 Å². The van der Waals surface area contributed by atoms with Gasteiger partial charge in [0.25, 0.3) is 0 Å². The Morgan fingerprint density at radius 2 is 1.13 bits per heavy atom. The Morgan fingerprint density at radius 1 is 0.696 bits per heavy atom. The van der Waals surface area contributed by atoms with E-state index < -0.39 is 8.56 Å². The molecule has 0 bridgehead atoms. The molecule has 0 aromatic heterocycles. The van der Waals surface area contributed by atoms with Gasteiger partial charge >= 0.3 is 8.56 Å². The van der Waals surface area contributed by atoms with Crippen LogP contribution in [0.5, 0.6) is 0 Å². The van der Waals surface area contributed by atoms with Crippen LogP contribution in [0.2, 0.25) is 0 Å². The third-order valence-electron chi connectivity index (χ3n) is 5.10. The lowest BCUT2D eigenvalue weighted by Crippen LogP contribution is -2.51. The summed E-state index contributed by atoms with van der Waals surface area (Å²) in [6.45, 7) is 0. The van der Waals surface area contributed by atoms with Crippen molar-refractivity contribution in [1.29, 1.82) is 0 Å². The van der Waals surface area contributed by atoms with Crippen molar-refractivity contribution in [3.05, 3.63) is 82.9 Å². The third kappa shape index (κ3) is 2.08. The van der Waals surface area contributed by atoms with Crippen molar-refractivity contribution in [2.75, 3.05) is 14.2 Å². The molecule has 2 aromatic rings. The Kier molecular flexibility index (Phi) is 3.57. The Morgan fingerprint density at radius 3 is 1.57 bits per heavy atom. The largest absolute Gasteiger partial charge is 0.397 e. The van der Waals surface area contributed by atoms with Crippen LogP contribution in [-0.2, 0) is 8.85 Å². The van der Waals surface area contributed by atoms with Gasteiger partial charge in [-0.1, -0.05) is 72.8 Å². The van der Waals surface area contributed by atoms with Crippen LogP contribution in [0.15, 0.2) is 60.7 Å². The van der Waals surface area contributed by atoms with Crippen molar-refractivity contribution in [3.8, 4) is 0 Å². The highest BCUT2D eigenvalue weighted by Gasteiger charge is 2.53. The Labute approximate surface area is 138 Å². The van der Waals surface area contributed by atoms with Crippen LogP contribution < -0.4 is 0 Å². The molecular weight excluding hydrogens is 300 g/mol. The second-order valence-electron chi connectivity index (χ2n) is 6.06. The van der Waals surface area contributed by atoms with Crippen LogP contribution in [0, 0.1) is 0 Å². The van der Waals surface area contributed by atoms with Crippen molar-refractivity contribution in [3.63, 3.8) is 0 Å². The Hall–Kier alpha value is -1.94. The molecule has 0 fully saturated rings. The highest BCUT2D eigenvalue weighted by Crippen LogP contribution is 2.47. The average Bonchev–Trinajstić information content (AvgIpc) is 3.23. The van der Waals surface area contributed by atoms with Gasteiger partial charge in [-0.25, -0.2) is 0 Å². The molecule has 3 heteroatoms. The molecule has 0 saturated heterocycles. The van der Waals surface area contributed by atoms with Crippen molar-refractivity contribution >= 4 is 20.7 Å². The number of fused-ring (bicyclic) bond motifs is 2. The van der Waals surface area contributed by atoms with E-state index in [9.17, 15) is 0 Å². The van der Waals surface area contributed by atoms with E-state index >= 15 is 0 Å². The molecule has 2 atom stereocenters. The summed E-state index contributed by atoms with van der Waals surface area (Å²) in [4.78, 5) is 0. The fraction of sp³-hybridized carbons (Fsp3) is 0.200. The van der Waals surface area contributed by atoms with E-state index in [1.54, 1.807) is 14.2 Å². The van der Waals surface area contributed by atoms with Crippen LogP contribution in [0.1, 0.15) is 33.3 Å². The van der Waals surface area contributed by atoms with E-state index in [4.69, 9.17) is 8.85 Å². The lowest BCUT2D eigenvalue weighted by Gasteiger charge is -2.37. The first-order chi connectivity index (χ1) is 11.3. The summed E-state index contributed by atoms with van der Waals surface area (Å²) in [5.74, 6) is 0. The molecule has 2 nitrogen and oxygen atoms in total. The van der Waals surface area contributed by atoms with E-state index in [1.807, 2.05) is 0 Å². The smallest absolute Gasteiger partial charge is 0.360 e. The van der Waals surface area contributed by atoms with Gasteiger partial charge in [0.15, 0.2) is 0 Å². The van der Waals surface area contributed by atoms with E-state index in [2.05, 4.69) is 72.8 Å². The summed E-state index contributed by atoms with van der Waals surface area (Å²) in [6, 6.07) is 17.1. The van der Waals surface area contributed by atoms with E-state index in [0.29, 0.717) is 0 Å². The van der Waals surface area contributed by atoms with E-state index in [0.717, 1.165) is 0 Å². The zero-order valence-electron chi connectivity index (χ0n) is 13.4. The van der Waals surface area contributed by atoms with Gasteiger partial charge in [0.05, 0.1) is 0 Å². The van der Waals surface area contributed by atoms with Gasteiger partial charge < -0.3 is 8.85 Å². The molecule has 2 aromatic carbocycles. The topological polar surface area (TPSA) is 18.5 Å². The van der Waals surface area contributed by atoms with Crippen LogP contribution in [-0.4, -0.2) is 22.8 Å². The molecule has 2 aliphatic rings. The Bertz CT molecular complexity index is 726. The van der Waals surface area contributed by atoms with Crippen molar-refractivity contribution in [2.24, 2.45) is 0 Å². The number of hydrogen-bond donors (Lipinski definition) is 0. The zero-order chi connectivity index (χ0) is 15.9. The lowest BCUT2D eigenvalue weighted by atomic mass is 10.1. The molecule has 0 saturated carbocycles. The SMILES string of the molecule is CO[Si](OC)(C1C=Cc2ccccc21)C1C=Cc2ccccc21. The molecule has 0 N–H and O–H groups in total. The maximum atomic E-state index is 6.18. The molecule has 116 valence electrons. The highest BCUT2D eigenvalue weighted by molar-refractivity contribution is 6.72. The first-order valence-electron chi connectivity index (χ1n) is 7.94. The summed E-state index contributed by atoms with van der Waals surface area (Å²) < 4.78 is 12.4. The molecule has 0 amide bonds. The maximum Gasteiger partial charge on any atom is 0.360 e. The van der Waals surface area contributed by atoms with Gasteiger partial charge in [0, 0.05) is 25.3 Å². The van der Waals surface area contributed by atoms with Gasteiger partial charge in [0.1, 0.15) is 0 Å². The second-order valence-corrected chi connectivity index (χ2v) is 9.56. The number of hydrogen-bond acceptors (Lipinski definition) is 2. The summed E-state index contributed by atoms with van der Waals surface area (Å²) in [5.41, 5.74) is 5.60. The van der Waals surface area contributed by atoms with Gasteiger partial charge in [-0.05, 0) is 22.3 Å². The van der Waals surface area contributed by atoms with Gasteiger partial charge in [-0.15, -0.1) is 0 Å². The highest BCUT2D eigenvalue weighted by atomic mass is 28.4. The first-order valence-corrected chi connectivity index (χ1v) is 9.92. The predicted molar refractivity (Wildman–Crippen MR) is 96.2 cm³/mol. The van der Waals surface area contributed by atoms with E-state index in [1.165, 1.54) is 22.3 Å². The van der Waals surface area contributed by atoms with Gasteiger partial charge in [-0.2, -0.15) is 0 Å². The minimum Gasteiger partial charge on any atom is -0.397 e. The number of benzene rings is 2. The third-order valence-corrected chi connectivity index (χ3v) is 9.12. The van der Waals surface area contributed by atoms with Crippen molar-refractivity contribution < 1.29 is 8.85 Å². The average molecular weight is 320 g/mol. The minimum absolute atomic E-state index is 0.203. The second kappa shape index (κ2) is 5.60.